The number of hydrogen-bond acceptors (Lipinski definition) is 5. The van der Waals surface area contributed by atoms with E-state index in [1.807, 2.05) is 60.7 Å². The molecule has 1 aliphatic heterocycles. The van der Waals surface area contributed by atoms with Crippen LogP contribution in [0.5, 0.6) is 0 Å². The van der Waals surface area contributed by atoms with Gasteiger partial charge in [0.05, 0.1) is 6.61 Å². The molecule has 2 aromatic rings. The standard InChI is InChI=1S/C26H33NO4/c1-22(28)31-26(20-23-12-5-2-6-13-23,21-24-14-7-3-8-15-24)25(29)30-19-11-18-27-16-9-4-10-17-27/h2-3,5-8,12-15H,4,9-11,16-21H2,1H3. The lowest BCUT2D eigenvalue weighted by Crippen LogP contribution is -2.48. The van der Waals surface area contributed by atoms with E-state index in [-0.39, 0.29) is 12.8 Å². The van der Waals surface area contributed by atoms with Crippen molar-refractivity contribution in [2.75, 3.05) is 26.2 Å². The molecule has 0 spiro atoms. The summed E-state index contributed by atoms with van der Waals surface area (Å²) in [6.45, 7) is 4.82. The summed E-state index contributed by atoms with van der Waals surface area (Å²) in [4.78, 5) is 27.8. The molecule has 1 saturated heterocycles. The average Bonchev–Trinajstić information content (AvgIpc) is 2.78. The van der Waals surface area contributed by atoms with E-state index in [1.54, 1.807) is 0 Å². The van der Waals surface area contributed by atoms with Crippen LogP contribution in [-0.2, 0) is 31.9 Å². The van der Waals surface area contributed by atoms with Crippen LogP contribution in [0.3, 0.4) is 0 Å². The van der Waals surface area contributed by atoms with Crippen molar-refractivity contribution >= 4 is 11.9 Å². The fourth-order valence-electron chi connectivity index (χ4n) is 4.21. The monoisotopic (exact) mass is 423 g/mol. The smallest absolute Gasteiger partial charge is 0.351 e. The van der Waals surface area contributed by atoms with Gasteiger partial charge in [0.25, 0.3) is 0 Å². The van der Waals surface area contributed by atoms with Gasteiger partial charge >= 0.3 is 11.9 Å². The van der Waals surface area contributed by atoms with Crippen molar-refractivity contribution < 1.29 is 19.1 Å². The van der Waals surface area contributed by atoms with Gasteiger partial charge in [0.2, 0.25) is 5.60 Å². The maximum Gasteiger partial charge on any atom is 0.351 e. The largest absolute Gasteiger partial charge is 0.463 e. The molecule has 5 nitrogen and oxygen atoms in total. The highest BCUT2D eigenvalue weighted by molar-refractivity contribution is 5.84. The zero-order valence-electron chi connectivity index (χ0n) is 18.4. The van der Waals surface area contributed by atoms with Gasteiger partial charge in [-0.25, -0.2) is 4.79 Å². The van der Waals surface area contributed by atoms with Gasteiger partial charge in [0, 0.05) is 26.3 Å². The zero-order valence-corrected chi connectivity index (χ0v) is 18.4. The Bertz CT molecular complexity index is 774. The highest BCUT2D eigenvalue weighted by Gasteiger charge is 2.44. The van der Waals surface area contributed by atoms with Crippen molar-refractivity contribution in [2.45, 2.75) is 51.0 Å². The predicted octanol–water partition coefficient (Wildman–Crippen LogP) is 4.19. The minimum Gasteiger partial charge on any atom is -0.463 e. The summed E-state index contributed by atoms with van der Waals surface area (Å²) < 4.78 is 11.4. The average molecular weight is 424 g/mol. The Balaban J connectivity index is 1.73. The molecule has 0 saturated carbocycles. The highest BCUT2D eigenvalue weighted by Crippen LogP contribution is 2.26. The lowest BCUT2D eigenvalue weighted by atomic mass is 9.87. The van der Waals surface area contributed by atoms with Gasteiger partial charge in [-0.05, 0) is 43.5 Å². The summed E-state index contributed by atoms with van der Waals surface area (Å²) >= 11 is 0. The Kier molecular flexibility index (Phi) is 8.65. The third kappa shape index (κ3) is 7.21. The molecule has 0 unspecified atom stereocenters. The van der Waals surface area contributed by atoms with Crippen LogP contribution in [0.25, 0.3) is 0 Å². The Morgan fingerprint density at radius 1 is 0.871 bits per heavy atom. The third-order valence-corrected chi connectivity index (χ3v) is 5.68. The SMILES string of the molecule is CC(=O)OC(Cc1ccccc1)(Cc1ccccc1)C(=O)OCCCN1CCCCC1. The minimum absolute atomic E-state index is 0.271. The topological polar surface area (TPSA) is 55.8 Å². The van der Waals surface area contributed by atoms with Crippen LogP contribution in [0.2, 0.25) is 0 Å². The number of carbonyl (C=O) groups excluding carboxylic acids is 2. The number of carbonyl (C=O) groups is 2. The minimum atomic E-state index is -1.39. The fourth-order valence-corrected chi connectivity index (χ4v) is 4.21. The van der Waals surface area contributed by atoms with Crippen LogP contribution in [0.15, 0.2) is 60.7 Å². The van der Waals surface area contributed by atoms with Crippen molar-refractivity contribution in [3.05, 3.63) is 71.8 Å². The summed E-state index contributed by atoms with van der Waals surface area (Å²) in [6, 6.07) is 19.3. The molecule has 0 N–H and O–H groups in total. The van der Waals surface area contributed by atoms with Gasteiger partial charge in [0.15, 0.2) is 0 Å². The first kappa shape index (κ1) is 23.0. The molecule has 166 valence electrons. The van der Waals surface area contributed by atoms with Crippen molar-refractivity contribution in [3.63, 3.8) is 0 Å². The Hall–Kier alpha value is -2.66. The molecule has 3 rings (SSSR count). The Labute approximate surface area is 185 Å². The number of likely N-dealkylation sites (tertiary alicyclic amines) is 1. The number of benzene rings is 2. The number of ether oxygens (including phenoxy) is 2. The number of rotatable bonds is 10. The Morgan fingerprint density at radius 3 is 1.94 bits per heavy atom. The van der Waals surface area contributed by atoms with Crippen LogP contribution >= 0.6 is 0 Å². The first-order valence-corrected chi connectivity index (χ1v) is 11.2. The summed E-state index contributed by atoms with van der Waals surface area (Å²) in [5, 5.41) is 0. The van der Waals surface area contributed by atoms with Gasteiger partial charge < -0.3 is 14.4 Å². The van der Waals surface area contributed by atoms with Gasteiger partial charge in [-0.3, -0.25) is 4.79 Å². The van der Waals surface area contributed by atoms with Crippen molar-refractivity contribution in [1.29, 1.82) is 0 Å². The van der Waals surface area contributed by atoms with Crippen molar-refractivity contribution in [2.24, 2.45) is 0 Å². The molecule has 1 fully saturated rings. The van der Waals surface area contributed by atoms with Gasteiger partial charge in [-0.15, -0.1) is 0 Å². The molecule has 0 radical (unpaired) electrons. The molecule has 1 heterocycles. The predicted molar refractivity (Wildman–Crippen MR) is 121 cm³/mol. The van der Waals surface area contributed by atoms with Gasteiger partial charge in [-0.1, -0.05) is 67.1 Å². The maximum atomic E-state index is 13.3. The quantitative estimate of drug-likeness (QED) is 0.424. The maximum absolute atomic E-state index is 13.3. The van der Waals surface area contributed by atoms with Gasteiger partial charge in [-0.2, -0.15) is 0 Å². The van der Waals surface area contributed by atoms with Crippen LogP contribution < -0.4 is 0 Å². The van der Waals surface area contributed by atoms with E-state index < -0.39 is 17.5 Å². The van der Waals surface area contributed by atoms with E-state index >= 15 is 0 Å². The molecular weight excluding hydrogens is 390 g/mol. The van der Waals surface area contributed by atoms with Crippen LogP contribution in [0, 0.1) is 0 Å². The molecule has 0 aromatic heterocycles. The molecule has 5 heteroatoms. The lowest BCUT2D eigenvalue weighted by molar-refractivity contribution is -0.181. The summed E-state index contributed by atoms with van der Waals surface area (Å²) in [6.07, 6.45) is 5.10. The first-order chi connectivity index (χ1) is 15.1. The molecule has 0 amide bonds. The molecule has 0 aliphatic carbocycles. The van der Waals surface area contributed by atoms with E-state index in [0.717, 1.165) is 37.2 Å². The van der Waals surface area contributed by atoms with E-state index in [2.05, 4.69) is 4.90 Å². The van der Waals surface area contributed by atoms with E-state index in [0.29, 0.717) is 6.61 Å². The third-order valence-electron chi connectivity index (χ3n) is 5.68. The number of esters is 2. The molecule has 0 bridgehead atoms. The number of piperidine rings is 1. The second-order valence-electron chi connectivity index (χ2n) is 8.30. The van der Waals surface area contributed by atoms with Gasteiger partial charge in [0.1, 0.15) is 0 Å². The van der Waals surface area contributed by atoms with Crippen LogP contribution in [0.4, 0.5) is 0 Å². The second kappa shape index (κ2) is 11.7. The van der Waals surface area contributed by atoms with Crippen LogP contribution in [0.1, 0.15) is 43.7 Å². The lowest BCUT2D eigenvalue weighted by Gasteiger charge is -2.31. The highest BCUT2D eigenvalue weighted by atomic mass is 16.6. The number of nitrogens with zero attached hydrogens (tertiary/aromatic N) is 1. The van der Waals surface area contributed by atoms with E-state index in [9.17, 15) is 9.59 Å². The van der Waals surface area contributed by atoms with E-state index in [1.165, 1.54) is 26.2 Å². The zero-order chi connectivity index (χ0) is 21.9. The molecular formula is C26H33NO4. The first-order valence-electron chi connectivity index (χ1n) is 11.2. The Morgan fingerprint density at radius 2 is 1.42 bits per heavy atom. The van der Waals surface area contributed by atoms with Crippen molar-refractivity contribution in [1.82, 2.24) is 4.90 Å². The molecule has 2 aromatic carbocycles. The molecule has 31 heavy (non-hydrogen) atoms. The van der Waals surface area contributed by atoms with Crippen molar-refractivity contribution in [3.8, 4) is 0 Å². The van der Waals surface area contributed by atoms with E-state index in [4.69, 9.17) is 9.47 Å². The normalized spacial score (nSPS) is 14.7. The second-order valence-corrected chi connectivity index (χ2v) is 8.30. The summed E-state index contributed by atoms with van der Waals surface area (Å²) in [5.74, 6) is -0.967. The number of hydrogen-bond donors (Lipinski definition) is 0. The summed E-state index contributed by atoms with van der Waals surface area (Å²) in [5.41, 5.74) is 0.453. The fraction of sp³-hybridized carbons (Fsp3) is 0.462. The van der Waals surface area contributed by atoms with Crippen LogP contribution in [-0.4, -0.2) is 48.7 Å². The molecule has 1 aliphatic rings. The summed E-state index contributed by atoms with van der Waals surface area (Å²) in [7, 11) is 0. The molecule has 0 atom stereocenters.